The normalized spacial score (nSPS) is 13.5. The quantitative estimate of drug-likeness (QED) is 0.108. The molecule has 3 aromatic carbocycles. The summed E-state index contributed by atoms with van der Waals surface area (Å²) in [6.45, 7) is 2.80. The summed E-state index contributed by atoms with van der Waals surface area (Å²) >= 11 is 0. The van der Waals surface area contributed by atoms with Crippen LogP contribution in [0.25, 0.3) is 11.1 Å². The maximum absolute atomic E-state index is 13.5. The zero-order chi connectivity index (χ0) is 35.0. The van der Waals surface area contributed by atoms with E-state index >= 15 is 0 Å². The monoisotopic (exact) mass is 680 g/mol. The van der Waals surface area contributed by atoms with Crippen LogP contribution in [0.4, 0.5) is 15.3 Å². The Hall–Kier alpha value is -4.99. The van der Waals surface area contributed by atoms with E-state index in [0.717, 1.165) is 28.3 Å². The Morgan fingerprint density at radius 3 is 2.12 bits per heavy atom. The van der Waals surface area contributed by atoms with Gasteiger partial charge in [0.05, 0.1) is 11.5 Å². The number of ether oxygens (including phenoxy) is 1. The Labute approximate surface area is 278 Å². The van der Waals surface area contributed by atoms with E-state index < -0.39 is 63.6 Å². The molecule has 4 rings (SSSR count). The first kappa shape index (κ1) is 35.9. The predicted octanol–water partition coefficient (Wildman–Crippen LogP) is 2.52. The fourth-order valence-corrected chi connectivity index (χ4v) is 6.30. The van der Waals surface area contributed by atoms with E-state index in [1.807, 2.05) is 48.5 Å². The third-order valence-corrected chi connectivity index (χ3v) is 8.86. The van der Waals surface area contributed by atoms with Crippen molar-refractivity contribution in [3.63, 3.8) is 0 Å². The lowest BCUT2D eigenvalue weighted by Crippen LogP contribution is -2.54. The summed E-state index contributed by atoms with van der Waals surface area (Å²) in [6, 6.07) is 16.0. The van der Waals surface area contributed by atoms with Crippen molar-refractivity contribution in [2.24, 2.45) is 11.7 Å². The van der Waals surface area contributed by atoms with Crippen LogP contribution in [0.1, 0.15) is 49.3 Å². The van der Waals surface area contributed by atoms with Gasteiger partial charge in [0.25, 0.3) is 0 Å². The molecule has 0 bridgehead atoms. The van der Waals surface area contributed by atoms with Crippen LogP contribution in [0, 0.1) is 5.92 Å². The van der Waals surface area contributed by atoms with Crippen LogP contribution in [0.15, 0.2) is 71.6 Å². The number of alkyl carbamates (subject to hydrolysis) is 1. The Balaban J connectivity index is 1.45. The van der Waals surface area contributed by atoms with Gasteiger partial charge in [-0.1, -0.05) is 68.4 Å². The second-order valence-electron chi connectivity index (χ2n) is 11.6. The topological polar surface area (TPSA) is 229 Å². The van der Waals surface area contributed by atoms with Gasteiger partial charge in [-0.05, 0) is 58.7 Å². The van der Waals surface area contributed by atoms with E-state index in [4.69, 9.17) is 10.5 Å². The zero-order valence-corrected chi connectivity index (χ0v) is 27.2. The number of aliphatic hydroxyl groups excluding tert-OH is 1. The van der Waals surface area contributed by atoms with Crippen molar-refractivity contribution in [2.45, 2.75) is 56.2 Å². The molecule has 1 aliphatic rings. The predicted molar refractivity (Wildman–Crippen MR) is 175 cm³/mol. The number of amides is 5. The number of carbonyl (C=O) groups excluding carboxylic acids is 4. The molecule has 1 unspecified atom stereocenters. The first-order chi connectivity index (χ1) is 22.8. The number of nitrogens with two attached hydrogens (primary N) is 1. The minimum atomic E-state index is -4.98. The minimum Gasteiger partial charge on any atom is -0.744 e. The third-order valence-electron chi connectivity index (χ3n) is 7.94. The van der Waals surface area contributed by atoms with Gasteiger partial charge in [-0.15, -0.1) is 0 Å². The van der Waals surface area contributed by atoms with Gasteiger partial charge < -0.3 is 41.4 Å². The average Bonchev–Trinajstić information content (AvgIpc) is 3.36. The summed E-state index contributed by atoms with van der Waals surface area (Å²) in [6.07, 6.45) is -0.612. The zero-order valence-electron chi connectivity index (χ0n) is 26.4. The molecular formula is C33H38N5O9S-. The molecule has 48 heavy (non-hydrogen) atoms. The summed E-state index contributed by atoms with van der Waals surface area (Å²) in [5.74, 6) is -2.08. The molecule has 14 nitrogen and oxygen atoms in total. The Kier molecular flexibility index (Phi) is 11.8. The Morgan fingerprint density at radius 1 is 0.938 bits per heavy atom. The molecule has 0 fully saturated rings. The summed E-state index contributed by atoms with van der Waals surface area (Å²) < 4.78 is 40.7. The molecule has 256 valence electrons. The molecule has 0 saturated carbocycles. The molecule has 0 aromatic heterocycles. The Morgan fingerprint density at radius 2 is 1.56 bits per heavy atom. The van der Waals surface area contributed by atoms with Crippen LogP contribution in [-0.2, 0) is 31.1 Å². The molecule has 0 saturated heterocycles. The fourth-order valence-electron chi connectivity index (χ4n) is 5.58. The number of hydrogen-bond donors (Lipinski definition) is 6. The smallest absolute Gasteiger partial charge is 0.407 e. The second kappa shape index (κ2) is 15.7. The van der Waals surface area contributed by atoms with Gasteiger partial charge in [-0.3, -0.25) is 9.59 Å². The highest BCUT2D eigenvalue weighted by Crippen LogP contribution is 2.44. The molecule has 2 atom stereocenters. The number of anilines is 1. The number of urea groups is 1. The van der Waals surface area contributed by atoms with Crippen molar-refractivity contribution in [1.29, 1.82) is 0 Å². The van der Waals surface area contributed by atoms with Crippen molar-refractivity contribution in [1.82, 2.24) is 16.0 Å². The van der Waals surface area contributed by atoms with Crippen LogP contribution in [-0.4, -0.2) is 67.3 Å². The molecule has 0 spiro atoms. The van der Waals surface area contributed by atoms with Crippen molar-refractivity contribution >= 4 is 39.7 Å². The fraction of sp³-hybridized carbons (Fsp3) is 0.333. The highest BCUT2D eigenvalue weighted by atomic mass is 32.2. The standard InChI is InChI=1S/C33H39N5O9S/c1-19(2)29(38-33(43)47-18-26-24-10-5-3-8-22(24)23-9-4-6-11-25(23)26)31(41)37-27(12-7-15-35-32(34)42)30(40)36-21-14-13-20(17-39)28(16-21)48(44,45)46/h3-6,8-11,13-14,16,19,26-27,29,39H,7,12,15,17-18H2,1-2H3,(H,36,40)(H,37,41)(H,38,43)(H3,34,35,42)(H,44,45,46)/p-1/t27?,29-/m0/s1. The number of primary amides is 1. The van der Waals surface area contributed by atoms with Gasteiger partial charge in [0.2, 0.25) is 11.8 Å². The molecule has 0 radical (unpaired) electrons. The van der Waals surface area contributed by atoms with Crippen molar-refractivity contribution in [3.8, 4) is 11.1 Å². The highest BCUT2D eigenvalue weighted by molar-refractivity contribution is 7.85. The first-order valence-electron chi connectivity index (χ1n) is 15.3. The van der Waals surface area contributed by atoms with Gasteiger partial charge in [0.15, 0.2) is 0 Å². The maximum Gasteiger partial charge on any atom is 0.407 e. The number of fused-ring (bicyclic) bond motifs is 3. The summed E-state index contributed by atoms with van der Waals surface area (Å²) in [5, 5.41) is 19.5. The van der Waals surface area contributed by atoms with Crippen LogP contribution in [0.5, 0.6) is 0 Å². The molecule has 15 heteroatoms. The summed E-state index contributed by atoms with van der Waals surface area (Å²) in [4.78, 5) is 50.2. The van der Waals surface area contributed by atoms with E-state index in [-0.39, 0.29) is 43.2 Å². The molecule has 5 amide bonds. The number of nitrogens with one attached hydrogen (secondary N) is 4. The van der Waals surface area contributed by atoms with E-state index in [1.165, 1.54) is 12.1 Å². The van der Waals surface area contributed by atoms with Crippen LogP contribution >= 0.6 is 0 Å². The molecule has 3 aromatic rings. The van der Waals surface area contributed by atoms with Gasteiger partial charge in [0, 0.05) is 18.2 Å². The first-order valence-corrected chi connectivity index (χ1v) is 16.7. The number of aliphatic hydroxyl groups is 1. The van der Waals surface area contributed by atoms with E-state index in [2.05, 4.69) is 21.3 Å². The van der Waals surface area contributed by atoms with E-state index in [1.54, 1.807) is 13.8 Å². The number of carbonyl (C=O) groups is 4. The lowest BCUT2D eigenvalue weighted by molar-refractivity contribution is -0.128. The van der Waals surface area contributed by atoms with Gasteiger partial charge >= 0.3 is 12.1 Å². The van der Waals surface area contributed by atoms with Gasteiger partial charge in [-0.25, -0.2) is 18.0 Å². The molecule has 7 N–H and O–H groups in total. The van der Waals surface area contributed by atoms with Crippen LogP contribution in [0.3, 0.4) is 0 Å². The third kappa shape index (κ3) is 8.87. The molecular weight excluding hydrogens is 642 g/mol. The van der Waals surface area contributed by atoms with E-state index in [9.17, 15) is 37.3 Å². The van der Waals surface area contributed by atoms with Gasteiger partial charge in [-0.2, -0.15) is 0 Å². The molecule has 0 aliphatic heterocycles. The van der Waals surface area contributed by atoms with Crippen molar-refractivity contribution in [3.05, 3.63) is 83.4 Å². The number of hydrogen-bond acceptors (Lipinski definition) is 9. The molecule has 0 heterocycles. The minimum absolute atomic E-state index is 0.00898. The summed E-state index contributed by atoms with van der Waals surface area (Å²) in [5.41, 5.74) is 9.06. The molecule has 1 aliphatic carbocycles. The largest absolute Gasteiger partial charge is 0.744 e. The van der Waals surface area contributed by atoms with Crippen molar-refractivity contribution in [2.75, 3.05) is 18.5 Å². The second-order valence-corrected chi connectivity index (χ2v) is 13.0. The van der Waals surface area contributed by atoms with Crippen LogP contribution < -0.4 is 27.0 Å². The maximum atomic E-state index is 13.5. The lowest BCUT2D eigenvalue weighted by atomic mass is 9.98. The lowest BCUT2D eigenvalue weighted by Gasteiger charge is -2.25. The average molecular weight is 681 g/mol. The van der Waals surface area contributed by atoms with Crippen LogP contribution in [0.2, 0.25) is 0 Å². The van der Waals surface area contributed by atoms with E-state index in [0.29, 0.717) is 0 Å². The highest BCUT2D eigenvalue weighted by Gasteiger charge is 2.32. The van der Waals surface area contributed by atoms with Crippen molar-refractivity contribution < 1.29 is 42.0 Å². The number of rotatable bonds is 14. The summed E-state index contributed by atoms with van der Waals surface area (Å²) in [7, 11) is -4.98. The van der Waals surface area contributed by atoms with Gasteiger partial charge in [0.1, 0.15) is 28.8 Å². The SMILES string of the molecule is CC(C)[C@H](NC(=O)OCC1c2ccccc2-c2ccccc21)C(=O)NC(CCCNC(N)=O)C(=O)Nc1ccc(CO)c(S(=O)(=O)[O-])c1. The number of benzene rings is 3. The Bertz CT molecular complexity index is 1730.